The van der Waals surface area contributed by atoms with Crippen LogP contribution in [0.15, 0.2) is 30.3 Å². The molecule has 80 valence electrons. The predicted molar refractivity (Wildman–Crippen MR) is 58.5 cm³/mol. The van der Waals surface area contributed by atoms with Gasteiger partial charge in [-0.25, -0.2) is 0 Å². The van der Waals surface area contributed by atoms with Gasteiger partial charge in [0.25, 0.3) is 0 Å². The van der Waals surface area contributed by atoms with Gasteiger partial charge in [0.1, 0.15) is 0 Å². The van der Waals surface area contributed by atoms with Gasteiger partial charge >= 0.3 is 5.97 Å². The third-order valence-electron chi connectivity index (χ3n) is 3.03. The van der Waals surface area contributed by atoms with Gasteiger partial charge in [-0.2, -0.15) is 0 Å². The Morgan fingerprint density at radius 1 is 1.40 bits per heavy atom. The lowest BCUT2D eigenvalue weighted by Gasteiger charge is -2.14. The second kappa shape index (κ2) is 4.47. The van der Waals surface area contributed by atoms with Crippen LogP contribution >= 0.6 is 0 Å². The minimum atomic E-state index is -0.101. The molecule has 0 radical (unpaired) electrons. The Morgan fingerprint density at radius 2 is 2.07 bits per heavy atom. The molecule has 0 unspecified atom stereocenters. The van der Waals surface area contributed by atoms with E-state index in [9.17, 15) is 4.79 Å². The molecule has 2 rings (SSSR count). The molecule has 2 heteroatoms. The van der Waals surface area contributed by atoms with Crippen molar-refractivity contribution in [2.75, 3.05) is 7.11 Å². The van der Waals surface area contributed by atoms with E-state index in [4.69, 9.17) is 4.74 Å². The van der Waals surface area contributed by atoms with Gasteiger partial charge < -0.3 is 4.74 Å². The van der Waals surface area contributed by atoms with Gasteiger partial charge in [-0.3, -0.25) is 4.79 Å². The molecule has 1 saturated carbocycles. The van der Waals surface area contributed by atoms with E-state index in [1.54, 1.807) is 0 Å². The first-order chi connectivity index (χ1) is 7.31. The molecule has 1 fully saturated rings. The number of methoxy groups -OCH3 is 1. The molecule has 1 aromatic rings. The Morgan fingerprint density at radius 3 is 2.60 bits per heavy atom. The van der Waals surface area contributed by atoms with E-state index >= 15 is 0 Å². The van der Waals surface area contributed by atoms with Crippen LogP contribution in [0.25, 0.3) is 0 Å². The third-order valence-corrected chi connectivity index (χ3v) is 3.03. The number of hydrogen-bond acceptors (Lipinski definition) is 2. The summed E-state index contributed by atoms with van der Waals surface area (Å²) >= 11 is 0. The summed E-state index contributed by atoms with van der Waals surface area (Å²) < 4.78 is 4.74. The Labute approximate surface area is 90.3 Å². The van der Waals surface area contributed by atoms with E-state index in [1.807, 2.05) is 18.2 Å². The Bertz CT molecular complexity index is 328. The minimum absolute atomic E-state index is 0.101. The molecule has 1 aromatic carbocycles. The van der Waals surface area contributed by atoms with Crippen LogP contribution in [0.1, 0.15) is 30.7 Å². The van der Waals surface area contributed by atoms with Crippen molar-refractivity contribution in [3.63, 3.8) is 0 Å². The largest absolute Gasteiger partial charge is 0.469 e. The zero-order chi connectivity index (χ0) is 10.7. The van der Waals surface area contributed by atoms with Crippen molar-refractivity contribution < 1.29 is 9.53 Å². The molecule has 1 aliphatic rings. The molecule has 15 heavy (non-hydrogen) atoms. The highest BCUT2D eigenvalue weighted by Crippen LogP contribution is 2.44. The summed E-state index contributed by atoms with van der Waals surface area (Å²) in [5, 5.41) is 0. The summed E-state index contributed by atoms with van der Waals surface area (Å²) in [6, 6.07) is 10.3. The van der Waals surface area contributed by atoms with Crippen molar-refractivity contribution in [1.29, 1.82) is 0 Å². The van der Waals surface area contributed by atoms with E-state index in [0.717, 1.165) is 0 Å². The smallest absolute Gasteiger partial charge is 0.306 e. The molecule has 0 spiro atoms. The normalized spacial score (nSPS) is 17.1. The van der Waals surface area contributed by atoms with Crippen LogP contribution in [0, 0.1) is 5.92 Å². The van der Waals surface area contributed by atoms with Gasteiger partial charge in [0.15, 0.2) is 0 Å². The first-order valence-electron chi connectivity index (χ1n) is 5.43. The van der Waals surface area contributed by atoms with Crippen molar-refractivity contribution in [1.82, 2.24) is 0 Å². The van der Waals surface area contributed by atoms with E-state index < -0.39 is 0 Å². The molecule has 0 aliphatic heterocycles. The zero-order valence-electron chi connectivity index (χ0n) is 8.98. The molecule has 2 nitrogen and oxygen atoms in total. The van der Waals surface area contributed by atoms with Crippen LogP contribution in [0.5, 0.6) is 0 Å². The number of rotatable bonds is 4. The highest BCUT2D eigenvalue weighted by atomic mass is 16.5. The van der Waals surface area contributed by atoms with Gasteiger partial charge in [-0.15, -0.1) is 0 Å². The molecule has 0 amide bonds. The van der Waals surface area contributed by atoms with Gasteiger partial charge in [0, 0.05) is 0 Å². The molecule has 1 aliphatic carbocycles. The fraction of sp³-hybridized carbons (Fsp3) is 0.462. The Kier molecular flexibility index (Phi) is 3.05. The molecule has 0 saturated heterocycles. The van der Waals surface area contributed by atoms with E-state index in [2.05, 4.69) is 12.1 Å². The van der Waals surface area contributed by atoms with Crippen molar-refractivity contribution in [3.05, 3.63) is 35.9 Å². The van der Waals surface area contributed by atoms with Crippen molar-refractivity contribution in [2.45, 2.75) is 25.2 Å². The lowest BCUT2D eigenvalue weighted by atomic mass is 9.91. The maximum absolute atomic E-state index is 11.3. The summed E-state index contributed by atoms with van der Waals surface area (Å²) in [4.78, 5) is 11.3. The molecule has 0 N–H and O–H groups in total. The van der Waals surface area contributed by atoms with Crippen molar-refractivity contribution in [2.24, 2.45) is 5.92 Å². The Hall–Kier alpha value is -1.31. The fourth-order valence-corrected chi connectivity index (χ4v) is 2.02. The fourth-order valence-electron chi connectivity index (χ4n) is 2.02. The summed E-state index contributed by atoms with van der Waals surface area (Å²) in [5.74, 6) is 0.945. The summed E-state index contributed by atoms with van der Waals surface area (Å²) in [7, 11) is 1.46. The van der Waals surface area contributed by atoms with Crippen LogP contribution in [0.4, 0.5) is 0 Å². The SMILES string of the molecule is COC(=O)C[C@H](c1ccccc1)C1CC1. The van der Waals surface area contributed by atoms with Gasteiger partial charge in [-0.1, -0.05) is 30.3 Å². The highest BCUT2D eigenvalue weighted by Gasteiger charge is 2.33. The van der Waals surface area contributed by atoms with Gasteiger partial charge in [0.05, 0.1) is 13.5 Å². The maximum atomic E-state index is 11.3. The standard InChI is InChI=1S/C13H16O2/c1-15-13(14)9-12(11-7-8-11)10-5-3-2-4-6-10/h2-6,11-12H,7-9H2,1H3/t12-/m1/s1. The van der Waals surface area contributed by atoms with E-state index in [1.165, 1.54) is 25.5 Å². The average molecular weight is 204 g/mol. The topological polar surface area (TPSA) is 26.3 Å². The molecular formula is C13H16O2. The highest BCUT2D eigenvalue weighted by molar-refractivity contribution is 5.70. The zero-order valence-corrected chi connectivity index (χ0v) is 8.98. The lowest BCUT2D eigenvalue weighted by molar-refractivity contribution is -0.141. The molecule has 0 bridgehead atoms. The number of hydrogen-bond donors (Lipinski definition) is 0. The van der Waals surface area contributed by atoms with Gasteiger partial charge in [0.2, 0.25) is 0 Å². The number of ether oxygens (including phenoxy) is 1. The molecule has 1 atom stereocenters. The van der Waals surface area contributed by atoms with Crippen molar-refractivity contribution in [3.8, 4) is 0 Å². The maximum Gasteiger partial charge on any atom is 0.306 e. The number of esters is 1. The molecule has 0 heterocycles. The third kappa shape index (κ3) is 2.58. The van der Waals surface area contributed by atoms with E-state index in [0.29, 0.717) is 18.3 Å². The summed E-state index contributed by atoms with van der Waals surface area (Å²) in [6.07, 6.45) is 3.01. The summed E-state index contributed by atoms with van der Waals surface area (Å²) in [5.41, 5.74) is 1.27. The van der Waals surface area contributed by atoms with Crippen molar-refractivity contribution >= 4 is 5.97 Å². The van der Waals surface area contributed by atoms with Crippen LogP contribution in [0.2, 0.25) is 0 Å². The molecular weight excluding hydrogens is 188 g/mol. The Balaban J connectivity index is 2.10. The number of carbonyl (C=O) groups excluding carboxylic acids is 1. The van der Waals surface area contributed by atoms with Crippen LogP contribution in [-0.2, 0) is 9.53 Å². The van der Waals surface area contributed by atoms with Crippen LogP contribution in [-0.4, -0.2) is 13.1 Å². The second-order valence-electron chi connectivity index (χ2n) is 4.13. The van der Waals surface area contributed by atoms with Gasteiger partial charge in [-0.05, 0) is 30.2 Å². The molecule has 0 aromatic heterocycles. The number of benzene rings is 1. The van der Waals surface area contributed by atoms with Crippen LogP contribution in [0.3, 0.4) is 0 Å². The van der Waals surface area contributed by atoms with Crippen LogP contribution < -0.4 is 0 Å². The first-order valence-corrected chi connectivity index (χ1v) is 5.43. The monoisotopic (exact) mass is 204 g/mol. The quantitative estimate of drug-likeness (QED) is 0.705. The minimum Gasteiger partial charge on any atom is -0.469 e. The predicted octanol–water partition coefficient (Wildman–Crippen LogP) is 2.74. The van der Waals surface area contributed by atoms with E-state index in [-0.39, 0.29) is 5.97 Å². The first kappa shape index (κ1) is 10.2. The summed E-state index contributed by atoms with van der Waals surface area (Å²) in [6.45, 7) is 0. The average Bonchev–Trinajstić information content (AvgIpc) is 3.10. The number of carbonyl (C=O) groups is 1. The lowest BCUT2D eigenvalue weighted by Crippen LogP contribution is -2.10. The second-order valence-corrected chi connectivity index (χ2v) is 4.13.